The van der Waals surface area contributed by atoms with Crippen molar-refractivity contribution >= 4 is 40.2 Å². The van der Waals surface area contributed by atoms with Gasteiger partial charge in [0.05, 0.1) is 36.0 Å². The normalized spacial score (nSPS) is 14.0. The summed E-state index contributed by atoms with van der Waals surface area (Å²) in [4.78, 5) is 35.5. The quantitative estimate of drug-likeness (QED) is 0.156. The number of anilines is 2. The van der Waals surface area contributed by atoms with Crippen LogP contribution < -0.4 is 15.0 Å². The second-order valence-electron chi connectivity index (χ2n) is 10.8. The number of amidine groups is 1. The zero-order valence-electron chi connectivity index (χ0n) is 25.9. The zero-order valence-corrected chi connectivity index (χ0v) is 26.8. The molecule has 0 unspecified atom stereocenters. The summed E-state index contributed by atoms with van der Waals surface area (Å²) in [5.41, 5.74) is 3.23. The minimum atomic E-state index is -4.82. The lowest BCUT2D eigenvalue weighted by Crippen LogP contribution is -2.31. The van der Waals surface area contributed by atoms with Crippen LogP contribution in [0.1, 0.15) is 16.7 Å². The minimum Gasteiger partial charge on any atom is -0.406 e. The molecule has 4 aromatic carbocycles. The third-order valence-corrected chi connectivity index (χ3v) is 8.10. The molecule has 1 saturated heterocycles. The van der Waals surface area contributed by atoms with Gasteiger partial charge >= 0.3 is 12.4 Å². The number of carbonyl (C=O) groups is 2. The Bertz CT molecular complexity index is 2070. The Hall–Kier alpha value is -5.61. The van der Waals surface area contributed by atoms with Gasteiger partial charge in [-0.2, -0.15) is 4.99 Å². The van der Waals surface area contributed by atoms with Crippen LogP contribution in [0.4, 0.5) is 38.1 Å². The fourth-order valence-corrected chi connectivity index (χ4v) is 5.71. The molecule has 0 saturated carbocycles. The first-order valence-corrected chi connectivity index (χ1v) is 15.8. The van der Waals surface area contributed by atoms with Gasteiger partial charge in [-0.05, 0) is 78.7 Å². The maximum Gasteiger partial charge on any atom is 0.573 e. The molecule has 6 rings (SSSR count). The van der Waals surface area contributed by atoms with Crippen LogP contribution in [-0.4, -0.2) is 44.0 Å². The third-order valence-electron chi connectivity index (χ3n) is 7.18. The number of nitrogens with zero attached hydrogens (tertiary/aromatic N) is 5. The molecule has 0 radical (unpaired) electrons. The molecule has 0 bridgehead atoms. The van der Waals surface area contributed by atoms with Crippen LogP contribution in [0.2, 0.25) is 0 Å². The molecule has 0 spiro atoms. The smallest absolute Gasteiger partial charge is 0.406 e. The molecule has 256 valence electrons. The monoisotopic (exact) mass is 708 g/mol. The first-order chi connectivity index (χ1) is 23.9. The molecule has 1 aliphatic rings. The van der Waals surface area contributed by atoms with Crippen LogP contribution in [0.15, 0.2) is 96.2 Å². The highest BCUT2D eigenvalue weighted by Crippen LogP contribution is 2.32. The Kier molecular flexibility index (Phi) is 9.92. The van der Waals surface area contributed by atoms with E-state index in [1.54, 1.807) is 24.3 Å². The molecule has 0 atom stereocenters. The largest absolute Gasteiger partial charge is 0.573 e. The summed E-state index contributed by atoms with van der Waals surface area (Å²) < 4.78 is 76.7. The first kappa shape index (κ1) is 34.3. The highest BCUT2D eigenvalue weighted by atomic mass is 32.2. The Labute approximate surface area is 285 Å². The second-order valence-corrected chi connectivity index (χ2v) is 11.8. The first-order valence-electron chi connectivity index (χ1n) is 14.8. The van der Waals surface area contributed by atoms with E-state index in [4.69, 9.17) is 4.74 Å². The zero-order chi connectivity index (χ0) is 35.4. The van der Waals surface area contributed by atoms with Crippen molar-refractivity contribution in [1.29, 1.82) is 0 Å². The minimum absolute atomic E-state index is 0.0319. The third kappa shape index (κ3) is 8.33. The van der Waals surface area contributed by atoms with Gasteiger partial charge < -0.3 is 14.8 Å². The van der Waals surface area contributed by atoms with E-state index in [9.17, 15) is 27.2 Å². The average molecular weight is 709 g/mol. The number of ether oxygens (including phenoxy) is 2. The number of halogens is 5. The van der Waals surface area contributed by atoms with E-state index >= 15 is 4.39 Å². The Morgan fingerprint density at radius 2 is 1.74 bits per heavy atom. The van der Waals surface area contributed by atoms with Crippen molar-refractivity contribution < 1.29 is 41.0 Å². The Balaban J connectivity index is 1.13. The number of hydrogen-bond donors (Lipinski definition) is 1. The van der Waals surface area contributed by atoms with Gasteiger partial charge in [0.2, 0.25) is 5.91 Å². The number of alkyl halides is 3. The molecule has 0 aliphatic carbocycles. The number of rotatable bonds is 9. The van der Waals surface area contributed by atoms with Crippen molar-refractivity contribution in [3.8, 4) is 22.8 Å². The van der Waals surface area contributed by atoms with E-state index in [-0.39, 0.29) is 52.9 Å². The van der Waals surface area contributed by atoms with Gasteiger partial charge in [-0.25, -0.2) is 23.2 Å². The summed E-state index contributed by atoms with van der Waals surface area (Å²) in [6.45, 7) is 2.18. The summed E-state index contributed by atoms with van der Waals surface area (Å²) in [6, 6.07) is 19.2. The number of carbonyl (C=O) groups excluding carboxylic acids is 2. The van der Waals surface area contributed by atoms with E-state index in [1.807, 2.05) is 13.0 Å². The van der Waals surface area contributed by atoms with E-state index < -0.39 is 24.0 Å². The topological polar surface area (TPSA) is 111 Å². The summed E-state index contributed by atoms with van der Waals surface area (Å²) in [6.07, 6.45) is -3.52. The van der Waals surface area contributed by atoms with Gasteiger partial charge in [-0.15, -0.1) is 18.3 Å². The van der Waals surface area contributed by atoms with Gasteiger partial charge in [0.1, 0.15) is 23.7 Å². The summed E-state index contributed by atoms with van der Waals surface area (Å²) in [5, 5.41) is 6.75. The standard InChI is InChI=1S/C34H25F5N6O4S/c1-20-2-5-23(17-48-16-21-3-7-24(35)8-4-21)29(14-20)45-30(46)18-50-33(45)42-32(47)41-28-13-6-22(15-27(28)36)31-40-19-44(43-31)25-9-11-26(12-10-25)49-34(37,38)39/h2-15,19H,16-18H2,1H3,(H,41,47)/b42-33-. The molecule has 1 aliphatic heterocycles. The summed E-state index contributed by atoms with van der Waals surface area (Å²) >= 11 is 1.06. The molecule has 2 heterocycles. The molecule has 5 aromatic rings. The van der Waals surface area contributed by atoms with Crippen molar-refractivity contribution in [2.45, 2.75) is 26.5 Å². The SMILES string of the molecule is Cc1ccc(COCc2ccc(F)cc2)c(N2C(=O)CS/C2=N\C(=O)Nc2ccc(-c3ncn(-c4ccc(OC(F)(F)F)cc4)n3)cc2F)c1. The lowest BCUT2D eigenvalue weighted by Gasteiger charge is -2.20. The number of benzene rings is 4. The van der Waals surface area contributed by atoms with Crippen molar-refractivity contribution in [3.05, 3.63) is 120 Å². The van der Waals surface area contributed by atoms with Crippen molar-refractivity contribution in [3.63, 3.8) is 0 Å². The number of amides is 3. The molecule has 16 heteroatoms. The van der Waals surface area contributed by atoms with Gasteiger partial charge in [0.25, 0.3) is 0 Å². The fourth-order valence-electron chi connectivity index (χ4n) is 4.85. The molecule has 10 nitrogen and oxygen atoms in total. The Morgan fingerprint density at radius 3 is 2.46 bits per heavy atom. The number of aromatic nitrogens is 3. The van der Waals surface area contributed by atoms with Crippen LogP contribution in [-0.2, 0) is 22.7 Å². The predicted molar refractivity (Wildman–Crippen MR) is 176 cm³/mol. The number of thioether (sulfide) groups is 1. The molecule has 1 N–H and O–H groups in total. The fraction of sp³-hybridized carbons (Fsp3) is 0.147. The van der Waals surface area contributed by atoms with Crippen LogP contribution in [0.5, 0.6) is 5.75 Å². The Morgan fingerprint density at radius 1 is 0.980 bits per heavy atom. The van der Waals surface area contributed by atoms with Crippen LogP contribution in [0, 0.1) is 18.6 Å². The average Bonchev–Trinajstić information content (AvgIpc) is 3.70. The maximum atomic E-state index is 15.1. The maximum absolute atomic E-state index is 15.1. The lowest BCUT2D eigenvalue weighted by atomic mass is 10.1. The van der Waals surface area contributed by atoms with Gasteiger partial charge in [-0.3, -0.25) is 9.69 Å². The molecule has 3 amide bonds. The van der Waals surface area contributed by atoms with Gasteiger partial charge in [0, 0.05) is 11.1 Å². The predicted octanol–water partition coefficient (Wildman–Crippen LogP) is 7.80. The highest BCUT2D eigenvalue weighted by molar-refractivity contribution is 8.15. The van der Waals surface area contributed by atoms with Crippen molar-refractivity contribution in [2.24, 2.45) is 4.99 Å². The van der Waals surface area contributed by atoms with Crippen LogP contribution in [0.3, 0.4) is 0 Å². The van der Waals surface area contributed by atoms with Gasteiger partial charge in [0.15, 0.2) is 11.0 Å². The molecule has 1 aromatic heterocycles. The summed E-state index contributed by atoms with van der Waals surface area (Å²) in [5.74, 6) is -1.73. The van der Waals surface area contributed by atoms with E-state index in [1.165, 1.54) is 52.3 Å². The van der Waals surface area contributed by atoms with Crippen molar-refractivity contribution in [1.82, 2.24) is 14.8 Å². The molecule has 1 fully saturated rings. The number of nitrogens with one attached hydrogen (secondary N) is 1. The van der Waals surface area contributed by atoms with Gasteiger partial charge in [-0.1, -0.05) is 36.0 Å². The molecule has 50 heavy (non-hydrogen) atoms. The second kappa shape index (κ2) is 14.5. The van der Waals surface area contributed by atoms with E-state index in [0.717, 1.165) is 41.1 Å². The van der Waals surface area contributed by atoms with Crippen LogP contribution in [0.25, 0.3) is 17.1 Å². The number of urea groups is 1. The summed E-state index contributed by atoms with van der Waals surface area (Å²) in [7, 11) is 0. The highest BCUT2D eigenvalue weighted by Gasteiger charge is 2.33. The van der Waals surface area contributed by atoms with E-state index in [0.29, 0.717) is 16.9 Å². The van der Waals surface area contributed by atoms with Crippen molar-refractivity contribution in [2.75, 3.05) is 16.0 Å². The van der Waals surface area contributed by atoms with E-state index in [2.05, 4.69) is 25.1 Å². The number of hydrogen-bond acceptors (Lipinski definition) is 7. The molecular weight excluding hydrogens is 683 g/mol. The lowest BCUT2D eigenvalue weighted by molar-refractivity contribution is -0.274. The number of aliphatic imine (C=N–C) groups is 1. The molecular formula is C34H25F5N6O4S. The van der Waals surface area contributed by atoms with Crippen LogP contribution >= 0.6 is 11.8 Å². The number of aryl methyl sites for hydroxylation is 1.